The fourth-order valence-corrected chi connectivity index (χ4v) is 4.26. The summed E-state index contributed by atoms with van der Waals surface area (Å²) in [6.45, 7) is 17.3. The highest BCUT2D eigenvalue weighted by Gasteiger charge is 2.30. The molecule has 0 radical (unpaired) electrons. The van der Waals surface area contributed by atoms with E-state index in [1.165, 1.54) is 0 Å². The first-order valence-electron chi connectivity index (χ1n) is 10.9. The molecule has 0 bridgehead atoms. The molecule has 0 aliphatic carbocycles. The molecule has 1 unspecified atom stereocenters. The van der Waals surface area contributed by atoms with E-state index in [4.69, 9.17) is 0 Å². The summed E-state index contributed by atoms with van der Waals surface area (Å²) in [6.07, 6.45) is 3.69. The number of carbonyl (C=O) groups excluding carboxylic acids is 2. The number of anilines is 1. The fourth-order valence-electron chi connectivity index (χ4n) is 4.26. The highest BCUT2D eigenvalue weighted by molar-refractivity contribution is 6.03. The predicted molar refractivity (Wildman–Crippen MR) is 121 cm³/mol. The normalized spacial score (nSPS) is 16.9. The highest BCUT2D eigenvalue weighted by Crippen LogP contribution is 2.28. The number of amides is 2. The van der Waals surface area contributed by atoms with Crippen LogP contribution in [-0.2, 0) is 4.79 Å². The van der Waals surface area contributed by atoms with Crippen LogP contribution in [0.1, 0.15) is 55.5 Å². The van der Waals surface area contributed by atoms with Gasteiger partial charge in [-0.1, -0.05) is 31.7 Å². The molecule has 1 aromatic carbocycles. The minimum absolute atomic E-state index is 0.0477. The monoisotopic (exact) mass is 410 g/mol. The first-order valence-corrected chi connectivity index (χ1v) is 10.9. The maximum absolute atomic E-state index is 13.0. The van der Waals surface area contributed by atoms with E-state index in [1.807, 2.05) is 36.9 Å². The molecule has 2 amide bonds. The van der Waals surface area contributed by atoms with E-state index in [9.17, 15) is 9.59 Å². The molecule has 30 heavy (non-hydrogen) atoms. The Kier molecular flexibility index (Phi) is 6.85. The number of nitrogens with zero attached hydrogens (tertiary/aromatic N) is 3. The zero-order valence-electron chi connectivity index (χ0n) is 18.5. The van der Waals surface area contributed by atoms with Crippen molar-refractivity contribution in [2.24, 2.45) is 0 Å². The van der Waals surface area contributed by atoms with Crippen molar-refractivity contribution < 1.29 is 9.59 Å². The molecule has 1 aromatic rings. The molecule has 2 aliphatic heterocycles. The topological polar surface area (TPSA) is 55.9 Å². The average molecular weight is 411 g/mol. The van der Waals surface area contributed by atoms with E-state index >= 15 is 0 Å². The fraction of sp³-hybridized carbons (Fsp3) is 0.500. The zero-order valence-corrected chi connectivity index (χ0v) is 18.5. The Labute approximate surface area is 180 Å². The van der Waals surface area contributed by atoms with Crippen molar-refractivity contribution >= 4 is 17.5 Å². The number of aryl methyl sites for hydroxylation is 1. The Morgan fingerprint density at radius 1 is 1.30 bits per heavy atom. The van der Waals surface area contributed by atoms with Crippen LogP contribution in [0.15, 0.2) is 42.9 Å². The van der Waals surface area contributed by atoms with Gasteiger partial charge in [-0.05, 0) is 45.2 Å². The third-order valence-electron chi connectivity index (χ3n) is 5.99. The van der Waals surface area contributed by atoms with Crippen LogP contribution in [0.25, 0.3) is 0 Å². The van der Waals surface area contributed by atoms with Crippen LogP contribution < -0.4 is 5.32 Å². The molecule has 0 spiro atoms. The van der Waals surface area contributed by atoms with Gasteiger partial charge in [0, 0.05) is 38.3 Å². The van der Waals surface area contributed by atoms with Gasteiger partial charge in [-0.25, -0.2) is 0 Å². The van der Waals surface area contributed by atoms with E-state index in [0.29, 0.717) is 24.4 Å². The van der Waals surface area contributed by atoms with E-state index in [-0.39, 0.29) is 17.9 Å². The maximum atomic E-state index is 13.0. The van der Waals surface area contributed by atoms with Crippen LogP contribution in [0, 0.1) is 6.92 Å². The number of benzene rings is 1. The number of fused-ring (bicyclic) bond motifs is 1. The van der Waals surface area contributed by atoms with Gasteiger partial charge >= 0.3 is 0 Å². The standard InChI is InChI=1S/C24H34N4O2/c1-6-12-27(19(4)23(29)26-13-7-8-14-26)18(3)11-15-28-20(5)25-22-10-9-17(2)16-21(22)24(28)30/h9-10,16,19,25H,3,5-8,11-15H2,1-2,4H3. The Balaban J connectivity index is 1.66. The van der Waals surface area contributed by atoms with Crippen molar-refractivity contribution in [1.82, 2.24) is 14.7 Å². The van der Waals surface area contributed by atoms with Crippen molar-refractivity contribution in [3.05, 3.63) is 54.0 Å². The van der Waals surface area contributed by atoms with Crippen LogP contribution in [-0.4, -0.2) is 58.7 Å². The maximum Gasteiger partial charge on any atom is 0.261 e. The van der Waals surface area contributed by atoms with Gasteiger partial charge in [0.05, 0.1) is 11.3 Å². The van der Waals surface area contributed by atoms with Gasteiger partial charge in [0.1, 0.15) is 11.9 Å². The second kappa shape index (κ2) is 9.37. The lowest BCUT2D eigenvalue weighted by Crippen LogP contribution is -2.46. The minimum atomic E-state index is -0.239. The van der Waals surface area contributed by atoms with Crippen molar-refractivity contribution in [1.29, 1.82) is 0 Å². The summed E-state index contributed by atoms with van der Waals surface area (Å²) in [4.78, 5) is 31.7. The number of hydrogen-bond donors (Lipinski definition) is 1. The molecule has 0 aromatic heterocycles. The summed E-state index contributed by atoms with van der Waals surface area (Å²) in [7, 11) is 0. The quantitative estimate of drug-likeness (QED) is 0.705. The van der Waals surface area contributed by atoms with Crippen LogP contribution in [0.4, 0.5) is 5.69 Å². The molecule has 6 heteroatoms. The summed E-state index contributed by atoms with van der Waals surface area (Å²) >= 11 is 0. The Morgan fingerprint density at radius 3 is 2.67 bits per heavy atom. The molecular weight excluding hydrogens is 376 g/mol. The van der Waals surface area contributed by atoms with Gasteiger partial charge in [-0.2, -0.15) is 0 Å². The van der Waals surface area contributed by atoms with Crippen LogP contribution in [0.2, 0.25) is 0 Å². The van der Waals surface area contributed by atoms with E-state index < -0.39 is 0 Å². The van der Waals surface area contributed by atoms with Crippen LogP contribution in [0.3, 0.4) is 0 Å². The molecule has 6 nitrogen and oxygen atoms in total. The molecular formula is C24H34N4O2. The van der Waals surface area contributed by atoms with Gasteiger partial charge in [0.25, 0.3) is 5.91 Å². The van der Waals surface area contributed by atoms with Crippen molar-refractivity contribution in [3.63, 3.8) is 0 Å². The first-order chi connectivity index (χ1) is 14.3. The molecule has 1 saturated heterocycles. The smallest absolute Gasteiger partial charge is 0.261 e. The predicted octanol–water partition coefficient (Wildman–Crippen LogP) is 3.96. The second-order valence-electron chi connectivity index (χ2n) is 8.30. The van der Waals surface area contributed by atoms with Gasteiger partial charge in [0.2, 0.25) is 5.91 Å². The lowest BCUT2D eigenvalue weighted by Gasteiger charge is -2.36. The number of rotatable bonds is 8. The number of likely N-dealkylation sites (tertiary alicyclic amines) is 1. The van der Waals surface area contributed by atoms with E-state index in [0.717, 1.165) is 55.8 Å². The number of hydrogen-bond acceptors (Lipinski definition) is 4. The second-order valence-corrected chi connectivity index (χ2v) is 8.30. The molecule has 162 valence electrons. The lowest BCUT2D eigenvalue weighted by molar-refractivity contribution is -0.134. The summed E-state index contributed by atoms with van der Waals surface area (Å²) in [5.74, 6) is 0.701. The highest BCUT2D eigenvalue weighted by atomic mass is 16.2. The molecule has 3 rings (SSSR count). The molecule has 1 atom stereocenters. The first kappa shape index (κ1) is 21.9. The van der Waals surface area contributed by atoms with E-state index in [1.54, 1.807) is 4.90 Å². The van der Waals surface area contributed by atoms with Crippen LogP contribution in [0.5, 0.6) is 0 Å². The lowest BCUT2D eigenvalue weighted by atomic mass is 10.1. The molecule has 1 fully saturated rings. The molecule has 1 N–H and O–H groups in total. The summed E-state index contributed by atoms with van der Waals surface area (Å²) < 4.78 is 0. The van der Waals surface area contributed by atoms with Crippen molar-refractivity contribution in [2.75, 3.05) is 31.5 Å². The number of carbonyl (C=O) groups is 2. The largest absolute Gasteiger partial charge is 0.364 e. The Morgan fingerprint density at radius 2 is 2.00 bits per heavy atom. The molecule has 0 saturated carbocycles. The van der Waals surface area contributed by atoms with Gasteiger partial charge in [-0.15, -0.1) is 0 Å². The van der Waals surface area contributed by atoms with Crippen LogP contribution >= 0.6 is 0 Å². The third-order valence-corrected chi connectivity index (χ3v) is 5.99. The SMILES string of the molecule is C=C1Nc2ccc(C)cc2C(=O)N1CCC(=C)N(CCC)C(C)C(=O)N1CCCC1. The third kappa shape index (κ3) is 4.53. The summed E-state index contributed by atoms with van der Waals surface area (Å²) in [6, 6.07) is 5.56. The zero-order chi connectivity index (χ0) is 21.8. The van der Waals surface area contributed by atoms with Crippen molar-refractivity contribution in [2.45, 2.75) is 52.5 Å². The molecule has 2 heterocycles. The van der Waals surface area contributed by atoms with Gasteiger partial charge < -0.3 is 15.1 Å². The summed E-state index contributed by atoms with van der Waals surface area (Å²) in [5.41, 5.74) is 3.39. The van der Waals surface area contributed by atoms with Gasteiger partial charge in [0.15, 0.2) is 0 Å². The Hall–Kier alpha value is -2.76. The minimum Gasteiger partial charge on any atom is -0.364 e. The van der Waals surface area contributed by atoms with Gasteiger partial charge in [-0.3, -0.25) is 14.5 Å². The average Bonchev–Trinajstić information content (AvgIpc) is 3.26. The number of nitrogens with one attached hydrogen (secondary N) is 1. The summed E-state index contributed by atoms with van der Waals surface area (Å²) in [5, 5.41) is 3.23. The van der Waals surface area contributed by atoms with Crippen molar-refractivity contribution in [3.8, 4) is 0 Å². The van der Waals surface area contributed by atoms with E-state index in [2.05, 4.69) is 30.3 Å². The molecule has 2 aliphatic rings. The Bertz CT molecular complexity index is 842.